The molecule has 1 aliphatic rings. The molecule has 0 amide bonds. The maximum absolute atomic E-state index is 13.6. The Labute approximate surface area is 174 Å². The molecular weight excluding hydrogens is 382 g/mol. The van der Waals surface area contributed by atoms with Gasteiger partial charge in [-0.25, -0.2) is 9.97 Å². The number of ether oxygens (including phenoxy) is 2. The van der Waals surface area contributed by atoms with Gasteiger partial charge in [-0.2, -0.15) is 0 Å². The Morgan fingerprint density at radius 1 is 1.20 bits per heavy atom. The lowest BCUT2D eigenvalue weighted by atomic mass is 10.0. The summed E-state index contributed by atoms with van der Waals surface area (Å²) in [6, 6.07) is 9.29. The molecule has 1 unspecified atom stereocenters. The second-order valence-electron chi connectivity index (χ2n) is 6.63. The summed E-state index contributed by atoms with van der Waals surface area (Å²) in [5.74, 6) is 1.85. The second kappa shape index (κ2) is 8.38. The molecule has 1 atom stereocenters. The number of pyridine rings is 1. The molecule has 2 N–H and O–H groups in total. The van der Waals surface area contributed by atoms with Crippen molar-refractivity contribution >= 4 is 17.8 Å². The standard InChI is InChI=1S/C22H23N5O3/c1-4-30-19-10-7-15-11-18(14-5-8-17(29-3)9-6-14)21(28)27(20(15)26-19)16-12-24-22(23-2)25-13-16/h5-13,19,26H,4H2,1-3H3,(H,23,24,25). The van der Waals surface area contributed by atoms with Crippen LogP contribution in [0.2, 0.25) is 0 Å². The fourth-order valence-corrected chi connectivity index (χ4v) is 3.35. The zero-order chi connectivity index (χ0) is 21.1. The number of fused-ring (bicyclic) bond motifs is 1. The van der Waals surface area contributed by atoms with Crippen molar-refractivity contribution in [2.75, 3.05) is 31.4 Å². The minimum atomic E-state index is -0.322. The van der Waals surface area contributed by atoms with Crippen molar-refractivity contribution in [2.45, 2.75) is 13.2 Å². The third kappa shape index (κ3) is 3.65. The molecule has 4 rings (SSSR count). The van der Waals surface area contributed by atoms with E-state index in [0.717, 1.165) is 16.9 Å². The van der Waals surface area contributed by atoms with Gasteiger partial charge in [0, 0.05) is 24.8 Å². The highest BCUT2D eigenvalue weighted by Crippen LogP contribution is 2.29. The summed E-state index contributed by atoms with van der Waals surface area (Å²) < 4.78 is 12.5. The van der Waals surface area contributed by atoms with E-state index in [-0.39, 0.29) is 11.8 Å². The van der Waals surface area contributed by atoms with Crippen molar-refractivity contribution in [3.63, 3.8) is 0 Å². The Morgan fingerprint density at radius 3 is 2.57 bits per heavy atom. The average molecular weight is 405 g/mol. The smallest absolute Gasteiger partial charge is 0.264 e. The second-order valence-corrected chi connectivity index (χ2v) is 6.63. The summed E-state index contributed by atoms with van der Waals surface area (Å²) in [6.07, 6.45) is 6.80. The molecule has 1 aliphatic heterocycles. The van der Waals surface area contributed by atoms with Gasteiger partial charge in [-0.15, -0.1) is 0 Å². The van der Waals surface area contributed by atoms with Crippen molar-refractivity contribution < 1.29 is 9.47 Å². The van der Waals surface area contributed by atoms with E-state index in [2.05, 4.69) is 20.6 Å². The number of anilines is 2. The fraction of sp³-hybridized carbons (Fsp3) is 0.227. The van der Waals surface area contributed by atoms with E-state index >= 15 is 0 Å². The van der Waals surface area contributed by atoms with Crippen LogP contribution in [0.3, 0.4) is 0 Å². The van der Waals surface area contributed by atoms with Crippen molar-refractivity contribution in [3.05, 3.63) is 64.7 Å². The minimum Gasteiger partial charge on any atom is -0.497 e. The van der Waals surface area contributed by atoms with Crippen LogP contribution in [-0.4, -0.2) is 41.5 Å². The molecule has 0 spiro atoms. The highest BCUT2D eigenvalue weighted by atomic mass is 16.5. The minimum absolute atomic E-state index is 0.183. The van der Waals surface area contributed by atoms with E-state index in [1.165, 1.54) is 0 Å². The first-order valence-corrected chi connectivity index (χ1v) is 9.65. The first kappa shape index (κ1) is 19.7. The molecule has 0 saturated carbocycles. The topological polar surface area (TPSA) is 90.3 Å². The van der Waals surface area contributed by atoms with Crippen molar-refractivity contribution in [2.24, 2.45) is 0 Å². The molecule has 0 fully saturated rings. The molecule has 3 heterocycles. The Kier molecular flexibility index (Phi) is 5.49. The number of nitrogens with zero attached hydrogens (tertiary/aromatic N) is 3. The lowest BCUT2D eigenvalue weighted by molar-refractivity contribution is 0.115. The molecule has 0 radical (unpaired) electrons. The SMILES string of the molecule is CCOC1C=Cc2cc(-c3ccc(OC)cc3)c(=O)n(-c3cnc(NC)nc3)c2N1. The molecular formula is C22H23N5O3. The third-order valence-electron chi connectivity index (χ3n) is 4.83. The Hall–Kier alpha value is -3.65. The zero-order valence-corrected chi connectivity index (χ0v) is 17.0. The maximum Gasteiger partial charge on any atom is 0.264 e. The van der Waals surface area contributed by atoms with Gasteiger partial charge in [0.15, 0.2) is 0 Å². The molecule has 8 nitrogen and oxygen atoms in total. The predicted octanol–water partition coefficient (Wildman–Crippen LogP) is 3.15. The summed E-state index contributed by atoms with van der Waals surface area (Å²) in [5, 5.41) is 6.18. The Bertz CT molecular complexity index is 1120. The Morgan fingerprint density at radius 2 is 1.93 bits per heavy atom. The van der Waals surface area contributed by atoms with Crippen LogP contribution in [-0.2, 0) is 4.74 Å². The van der Waals surface area contributed by atoms with Crippen LogP contribution >= 0.6 is 0 Å². The first-order chi connectivity index (χ1) is 14.6. The van der Waals surface area contributed by atoms with Gasteiger partial charge in [-0.05, 0) is 36.8 Å². The van der Waals surface area contributed by atoms with Gasteiger partial charge in [0.1, 0.15) is 17.8 Å². The quantitative estimate of drug-likeness (QED) is 0.651. The highest BCUT2D eigenvalue weighted by Gasteiger charge is 2.21. The molecule has 0 aliphatic carbocycles. The van der Waals surface area contributed by atoms with E-state index in [4.69, 9.17) is 9.47 Å². The first-order valence-electron chi connectivity index (χ1n) is 9.65. The number of rotatable bonds is 6. The number of benzene rings is 1. The maximum atomic E-state index is 13.6. The van der Waals surface area contributed by atoms with E-state index in [9.17, 15) is 4.79 Å². The summed E-state index contributed by atoms with van der Waals surface area (Å²) in [4.78, 5) is 22.1. The summed E-state index contributed by atoms with van der Waals surface area (Å²) in [5.41, 5.74) is 2.61. The van der Waals surface area contributed by atoms with Crippen LogP contribution in [0.5, 0.6) is 5.75 Å². The summed E-state index contributed by atoms with van der Waals surface area (Å²) >= 11 is 0. The van der Waals surface area contributed by atoms with E-state index in [0.29, 0.717) is 29.6 Å². The van der Waals surface area contributed by atoms with E-state index in [1.807, 2.05) is 49.4 Å². The lowest BCUT2D eigenvalue weighted by Gasteiger charge is -2.26. The van der Waals surface area contributed by atoms with Crippen LogP contribution < -0.4 is 20.9 Å². The molecule has 154 valence electrons. The fourth-order valence-electron chi connectivity index (χ4n) is 3.35. The molecule has 0 bridgehead atoms. The monoisotopic (exact) mass is 405 g/mol. The van der Waals surface area contributed by atoms with Gasteiger partial charge >= 0.3 is 0 Å². The van der Waals surface area contributed by atoms with Crippen LogP contribution in [0.25, 0.3) is 22.9 Å². The van der Waals surface area contributed by atoms with Gasteiger partial charge in [-0.3, -0.25) is 9.36 Å². The molecule has 3 aromatic rings. The van der Waals surface area contributed by atoms with Crippen LogP contribution in [0.15, 0.2) is 53.6 Å². The van der Waals surface area contributed by atoms with Gasteiger partial charge in [0.05, 0.1) is 25.2 Å². The van der Waals surface area contributed by atoms with Gasteiger partial charge in [0.2, 0.25) is 5.95 Å². The third-order valence-corrected chi connectivity index (χ3v) is 4.83. The highest BCUT2D eigenvalue weighted by molar-refractivity contribution is 5.76. The molecule has 1 aromatic carbocycles. The number of methoxy groups -OCH3 is 1. The number of hydrogen-bond acceptors (Lipinski definition) is 7. The van der Waals surface area contributed by atoms with Crippen molar-refractivity contribution in [1.29, 1.82) is 0 Å². The zero-order valence-electron chi connectivity index (χ0n) is 17.0. The van der Waals surface area contributed by atoms with Gasteiger partial charge < -0.3 is 20.1 Å². The summed E-state index contributed by atoms with van der Waals surface area (Å²) in [7, 11) is 3.35. The van der Waals surface area contributed by atoms with E-state index in [1.54, 1.807) is 31.1 Å². The van der Waals surface area contributed by atoms with Gasteiger partial charge in [0.25, 0.3) is 5.56 Å². The van der Waals surface area contributed by atoms with Crippen molar-refractivity contribution in [1.82, 2.24) is 14.5 Å². The largest absolute Gasteiger partial charge is 0.497 e. The molecule has 0 saturated heterocycles. The molecule has 2 aromatic heterocycles. The lowest BCUT2D eigenvalue weighted by Crippen LogP contribution is -2.31. The van der Waals surface area contributed by atoms with Crippen LogP contribution in [0.4, 0.5) is 11.8 Å². The molecule has 30 heavy (non-hydrogen) atoms. The van der Waals surface area contributed by atoms with E-state index < -0.39 is 0 Å². The number of hydrogen-bond donors (Lipinski definition) is 2. The van der Waals surface area contributed by atoms with Crippen LogP contribution in [0.1, 0.15) is 12.5 Å². The molecule has 8 heteroatoms. The summed E-state index contributed by atoms with van der Waals surface area (Å²) in [6.45, 7) is 2.47. The van der Waals surface area contributed by atoms with Crippen LogP contribution in [0, 0.1) is 0 Å². The number of nitrogens with one attached hydrogen (secondary N) is 2. The van der Waals surface area contributed by atoms with Crippen molar-refractivity contribution in [3.8, 4) is 22.6 Å². The predicted molar refractivity (Wildman–Crippen MR) is 117 cm³/mol. The number of aromatic nitrogens is 3. The Balaban J connectivity index is 1.90. The van der Waals surface area contributed by atoms with Gasteiger partial charge in [-0.1, -0.05) is 18.2 Å². The normalized spacial score (nSPS) is 14.7. The average Bonchev–Trinajstić information content (AvgIpc) is 2.79.